The molecule has 110 valence electrons. The van der Waals surface area contributed by atoms with Crippen molar-refractivity contribution in [3.8, 4) is 0 Å². The summed E-state index contributed by atoms with van der Waals surface area (Å²) in [6.07, 6.45) is 6.53. The normalized spacial score (nSPS) is 14.6. The van der Waals surface area contributed by atoms with Crippen LogP contribution in [-0.4, -0.2) is 25.5 Å². The molecular formula is C17H26N2O. The van der Waals surface area contributed by atoms with Gasteiger partial charge in [-0.15, -0.1) is 0 Å². The van der Waals surface area contributed by atoms with Crippen molar-refractivity contribution >= 4 is 11.6 Å². The van der Waals surface area contributed by atoms with Gasteiger partial charge < -0.3 is 10.2 Å². The molecular weight excluding hydrogens is 248 g/mol. The highest BCUT2D eigenvalue weighted by molar-refractivity contribution is 5.78. The number of nitrogens with one attached hydrogen (secondary N) is 1. The first kappa shape index (κ1) is 14.9. The van der Waals surface area contributed by atoms with E-state index in [2.05, 4.69) is 41.4 Å². The molecule has 1 N–H and O–H groups in total. The van der Waals surface area contributed by atoms with Gasteiger partial charge in [-0.25, -0.2) is 0 Å². The lowest BCUT2D eigenvalue weighted by Crippen LogP contribution is -2.26. The maximum absolute atomic E-state index is 11.8. The SMILES string of the molecule is CCCCCNC(=O)Cc1ccc(N2CCCC2)cc1. The molecule has 1 aliphatic heterocycles. The van der Waals surface area contributed by atoms with E-state index in [-0.39, 0.29) is 5.91 Å². The van der Waals surface area contributed by atoms with E-state index in [1.54, 1.807) is 0 Å². The Bertz CT molecular complexity index is 408. The second-order valence-corrected chi connectivity index (χ2v) is 5.59. The fourth-order valence-electron chi connectivity index (χ4n) is 2.65. The molecule has 0 aliphatic carbocycles. The van der Waals surface area contributed by atoms with E-state index in [4.69, 9.17) is 0 Å². The van der Waals surface area contributed by atoms with Gasteiger partial charge in [0.05, 0.1) is 6.42 Å². The zero-order valence-electron chi connectivity index (χ0n) is 12.5. The molecule has 0 bridgehead atoms. The van der Waals surface area contributed by atoms with Gasteiger partial charge in [0.15, 0.2) is 0 Å². The van der Waals surface area contributed by atoms with Crippen molar-refractivity contribution in [3.63, 3.8) is 0 Å². The van der Waals surface area contributed by atoms with E-state index in [1.165, 1.54) is 31.4 Å². The molecule has 0 radical (unpaired) electrons. The Kier molecular flexibility index (Phi) is 5.90. The maximum atomic E-state index is 11.8. The third kappa shape index (κ3) is 4.55. The lowest BCUT2D eigenvalue weighted by molar-refractivity contribution is -0.120. The first-order valence-electron chi connectivity index (χ1n) is 7.90. The summed E-state index contributed by atoms with van der Waals surface area (Å²) in [5.41, 5.74) is 2.38. The number of nitrogens with zero attached hydrogens (tertiary/aromatic N) is 1. The second-order valence-electron chi connectivity index (χ2n) is 5.59. The van der Waals surface area contributed by atoms with Crippen LogP contribution in [0.3, 0.4) is 0 Å². The Morgan fingerprint density at radius 1 is 1.15 bits per heavy atom. The summed E-state index contributed by atoms with van der Waals surface area (Å²) < 4.78 is 0. The molecule has 1 heterocycles. The predicted octanol–water partition coefficient (Wildman–Crippen LogP) is 3.14. The van der Waals surface area contributed by atoms with Crippen LogP contribution in [0.15, 0.2) is 24.3 Å². The van der Waals surface area contributed by atoms with Gasteiger partial charge >= 0.3 is 0 Å². The standard InChI is InChI=1S/C17H26N2O/c1-2-3-4-11-18-17(20)14-15-7-9-16(10-8-15)19-12-5-6-13-19/h7-10H,2-6,11-14H2,1H3,(H,18,20). The molecule has 0 aromatic heterocycles. The molecule has 1 amide bonds. The third-order valence-corrected chi connectivity index (χ3v) is 3.87. The van der Waals surface area contributed by atoms with Crippen molar-refractivity contribution < 1.29 is 4.79 Å². The van der Waals surface area contributed by atoms with Crippen molar-refractivity contribution in [3.05, 3.63) is 29.8 Å². The molecule has 1 saturated heterocycles. The minimum absolute atomic E-state index is 0.134. The van der Waals surface area contributed by atoms with E-state index >= 15 is 0 Å². The molecule has 1 fully saturated rings. The second kappa shape index (κ2) is 7.93. The van der Waals surface area contributed by atoms with Crippen molar-refractivity contribution in [2.45, 2.75) is 45.4 Å². The Balaban J connectivity index is 1.76. The Hall–Kier alpha value is -1.51. The van der Waals surface area contributed by atoms with E-state index in [9.17, 15) is 4.79 Å². The molecule has 1 aliphatic rings. The van der Waals surface area contributed by atoms with E-state index in [1.807, 2.05) is 0 Å². The smallest absolute Gasteiger partial charge is 0.224 e. The first-order valence-corrected chi connectivity index (χ1v) is 7.90. The van der Waals surface area contributed by atoms with Crippen LogP contribution in [-0.2, 0) is 11.2 Å². The summed E-state index contributed by atoms with van der Waals surface area (Å²) in [5, 5.41) is 2.99. The number of rotatable bonds is 7. The van der Waals surface area contributed by atoms with Crippen molar-refractivity contribution in [1.29, 1.82) is 0 Å². The minimum Gasteiger partial charge on any atom is -0.372 e. The highest BCUT2D eigenvalue weighted by atomic mass is 16.1. The van der Waals surface area contributed by atoms with E-state index < -0.39 is 0 Å². The summed E-state index contributed by atoms with van der Waals surface area (Å²) in [6.45, 7) is 5.30. The average molecular weight is 274 g/mol. The van der Waals surface area contributed by atoms with Crippen LogP contribution in [0, 0.1) is 0 Å². The monoisotopic (exact) mass is 274 g/mol. The number of benzene rings is 1. The summed E-state index contributed by atoms with van der Waals surface area (Å²) in [5.74, 6) is 0.134. The summed E-state index contributed by atoms with van der Waals surface area (Å²) in [6, 6.07) is 8.45. The molecule has 3 nitrogen and oxygen atoms in total. The predicted molar refractivity (Wildman–Crippen MR) is 84.1 cm³/mol. The molecule has 20 heavy (non-hydrogen) atoms. The minimum atomic E-state index is 0.134. The zero-order valence-corrected chi connectivity index (χ0v) is 12.5. The van der Waals surface area contributed by atoms with E-state index in [0.29, 0.717) is 6.42 Å². The van der Waals surface area contributed by atoms with Crippen LogP contribution >= 0.6 is 0 Å². The Morgan fingerprint density at radius 2 is 1.85 bits per heavy atom. The third-order valence-electron chi connectivity index (χ3n) is 3.87. The summed E-state index contributed by atoms with van der Waals surface area (Å²) >= 11 is 0. The van der Waals surface area contributed by atoms with E-state index in [0.717, 1.165) is 31.6 Å². The first-order chi connectivity index (χ1) is 9.79. The highest BCUT2D eigenvalue weighted by Crippen LogP contribution is 2.20. The van der Waals surface area contributed by atoms with Crippen LogP contribution in [0.5, 0.6) is 0 Å². The number of carbonyl (C=O) groups excluding carboxylic acids is 1. The number of carbonyl (C=O) groups is 1. The molecule has 0 atom stereocenters. The quantitative estimate of drug-likeness (QED) is 0.775. The number of anilines is 1. The van der Waals surface area contributed by atoms with Crippen molar-refractivity contribution in [2.24, 2.45) is 0 Å². The highest BCUT2D eigenvalue weighted by Gasteiger charge is 2.12. The average Bonchev–Trinajstić information content (AvgIpc) is 2.99. The summed E-state index contributed by atoms with van der Waals surface area (Å²) in [4.78, 5) is 14.2. The molecule has 0 saturated carbocycles. The van der Waals surface area contributed by atoms with Crippen LogP contribution in [0.4, 0.5) is 5.69 Å². The Morgan fingerprint density at radius 3 is 2.50 bits per heavy atom. The van der Waals surface area contributed by atoms with Gasteiger partial charge in [-0.3, -0.25) is 4.79 Å². The molecule has 1 aromatic carbocycles. The maximum Gasteiger partial charge on any atom is 0.224 e. The van der Waals surface area contributed by atoms with Crippen LogP contribution < -0.4 is 10.2 Å². The van der Waals surface area contributed by atoms with Gasteiger partial charge in [0.25, 0.3) is 0 Å². The van der Waals surface area contributed by atoms with Gasteiger partial charge in [-0.05, 0) is 37.0 Å². The Labute approximate surface area is 122 Å². The van der Waals surface area contributed by atoms with Crippen LogP contribution in [0.25, 0.3) is 0 Å². The van der Waals surface area contributed by atoms with Gasteiger partial charge in [-0.1, -0.05) is 31.9 Å². The number of unbranched alkanes of at least 4 members (excludes halogenated alkanes) is 2. The lowest BCUT2D eigenvalue weighted by Gasteiger charge is -2.17. The van der Waals surface area contributed by atoms with Crippen LogP contribution in [0.2, 0.25) is 0 Å². The zero-order chi connectivity index (χ0) is 14.2. The van der Waals surface area contributed by atoms with Gasteiger partial charge in [-0.2, -0.15) is 0 Å². The molecule has 0 unspecified atom stereocenters. The number of amides is 1. The number of hydrogen-bond acceptors (Lipinski definition) is 2. The van der Waals surface area contributed by atoms with Crippen molar-refractivity contribution in [2.75, 3.05) is 24.5 Å². The lowest BCUT2D eigenvalue weighted by atomic mass is 10.1. The topological polar surface area (TPSA) is 32.3 Å². The largest absolute Gasteiger partial charge is 0.372 e. The fraction of sp³-hybridized carbons (Fsp3) is 0.588. The molecule has 3 heteroatoms. The van der Waals surface area contributed by atoms with Gasteiger partial charge in [0, 0.05) is 25.3 Å². The van der Waals surface area contributed by atoms with Crippen LogP contribution in [0.1, 0.15) is 44.6 Å². The summed E-state index contributed by atoms with van der Waals surface area (Å²) in [7, 11) is 0. The van der Waals surface area contributed by atoms with Gasteiger partial charge in [0.1, 0.15) is 0 Å². The number of hydrogen-bond donors (Lipinski definition) is 1. The van der Waals surface area contributed by atoms with Gasteiger partial charge in [0.2, 0.25) is 5.91 Å². The molecule has 1 aromatic rings. The fourth-order valence-corrected chi connectivity index (χ4v) is 2.65. The van der Waals surface area contributed by atoms with Crippen molar-refractivity contribution in [1.82, 2.24) is 5.32 Å². The molecule has 0 spiro atoms. The molecule has 2 rings (SSSR count).